The van der Waals surface area contributed by atoms with Crippen LogP contribution in [0.25, 0.3) is 22.2 Å². The Bertz CT molecular complexity index is 1150. The molecule has 3 aromatic heterocycles. The molecule has 0 unspecified atom stereocenters. The van der Waals surface area contributed by atoms with E-state index in [1.807, 2.05) is 6.20 Å². The normalized spacial score (nSPS) is 12.7. The lowest BCUT2D eigenvalue weighted by Crippen LogP contribution is -2.11. The van der Waals surface area contributed by atoms with Crippen molar-refractivity contribution in [3.63, 3.8) is 0 Å². The highest BCUT2D eigenvalue weighted by molar-refractivity contribution is 6.31. The van der Waals surface area contributed by atoms with Gasteiger partial charge in [-0.05, 0) is 30.5 Å². The molecule has 0 saturated carbocycles. The van der Waals surface area contributed by atoms with Crippen molar-refractivity contribution in [2.24, 2.45) is 0 Å². The fourth-order valence-corrected chi connectivity index (χ4v) is 3.70. The second-order valence-electron chi connectivity index (χ2n) is 6.40. The molecule has 0 saturated heterocycles. The van der Waals surface area contributed by atoms with E-state index < -0.39 is 0 Å². The number of benzene rings is 1. The molecule has 0 atom stereocenters. The number of aromatic nitrogens is 5. The number of H-pyrrole nitrogens is 1. The highest BCUT2D eigenvalue weighted by Crippen LogP contribution is 2.36. The minimum atomic E-state index is -0.350. The van der Waals surface area contributed by atoms with E-state index in [1.165, 1.54) is 11.6 Å². The zero-order valence-electron chi connectivity index (χ0n) is 14.1. The van der Waals surface area contributed by atoms with Crippen LogP contribution in [0.5, 0.6) is 0 Å². The molecule has 0 aliphatic heterocycles. The highest BCUT2D eigenvalue weighted by atomic mass is 35.5. The first kappa shape index (κ1) is 16.1. The van der Waals surface area contributed by atoms with E-state index in [-0.39, 0.29) is 12.4 Å². The van der Waals surface area contributed by atoms with Crippen molar-refractivity contribution >= 4 is 28.6 Å². The molecular formula is C19H14ClFN6. The third kappa shape index (κ3) is 2.71. The molecule has 5 rings (SSSR count). The standard InChI is InChI=1S/C19H14ClFN6/c20-14-2-1-3-15(21)11(14)7-23-19-24-8-12-16(26-19)5-4-10-6-22-18-13(17(10)12)9-25-27-18/h1-3,6,8-9H,4-5,7H2,(H,22,25,27)(H,23,24,26). The number of aromatic amines is 1. The smallest absolute Gasteiger partial charge is 0.223 e. The average Bonchev–Trinajstić information content (AvgIpc) is 3.16. The molecule has 4 aromatic rings. The molecule has 0 amide bonds. The van der Waals surface area contributed by atoms with Gasteiger partial charge in [0.25, 0.3) is 0 Å². The predicted molar refractivity (Wildman–Crippen MR) is 101 cm³/mol. The average molecular weight is 381 g/mol. The Labute approximate surface area is 158 Å². The van der Waals surface area contributed by atoms with Gasteiger partial charge in [-0.3, -0.25) is 5.10 Å². The van der Waals surface area contributed by atoms with Gasteiger partial charge in [-0.1, -0.05) is 17.7 Å². The fourth-order valence-electron chi connectivity index (χ4n) is 3.47. The summed E-state index contributed by atoms with van der Waals surface area (Å²) in [6, 6.07) is 4.63. The Balaban J connectivity index is 1.49. The van der Waals surface area contributed by atoms with Crippen LogP contribution in [-0.2, 0) is 19.4 Å². The van der Waals surface area contributed by atoms with Gasteiger partial charge in [0.05, 0.1) is 11.9 Å². The van der Waals surface area contributed by atoms with Crippen molar-refractivity contribution < 1.29 is 4.39 Å². The van der Waals surface area contributed by atoms with Crippen LogP contribution in [0.15, 0.2) is 36.8 Å². The van der Waals surface area contributed by atoms with E-state index in [0.29, 0.717) is 16.5 Å². The maximum atomic E-state index is 13.9. The van der Waals surface area contributed by atoms with Gasteiger partial charge >= 0.3 is 0 Å². The van der Waals surface area contributed by atoms with Crippen molar-refractivity contribution in [1.29, 1.82) is 0 Å². The Hall–Kier alpha value is -3.06. The van der Waals surface area contributed by atoms with E-state index >= 15 is 0 Å². The number of fused-ring (bicyclic) bond motifs is 5. The van der Waals surface area contributed by atoms with Gasteiger partial charge in [0.1, 0.15) is 5.82 Å². The number of anilines is 1. The third-order valence-corrected chi connectivity index (χ3v) is 5.17. The first-order chi connectivity index (χ1) is 13.2. The maximum Gasteiger partial charge on any atom is 0.223 e. The van der Waals surface area contributed by atoms with Gasteiger partial charge in [-0.2, -0.15) is 5.10 Å². The summed E-state index contributed by atoms with van der Waals surface area (Å²) in [7, 11) is 0. The van der Waals surface area contributed by atoms with Crippen molar-refractivity contribution in [3.8, 4) is 11.1 Å². The Morgan fingerprint density at radius 1 is 1.15 bits per heavy atom. The SMILES string of the molecule is Fc1cccc(Cl)c1CNc1ncc2c(n1)CCc1cnc3[nH]ncc3c1-2. The van der Waals surface area contributed by atoms with E-state index in [4.69, 9.17) is 11.6 Å². The van der Waals surface area contributed by atoms with E-state index in [1.54, 1.807) is 24.5 Å². The second kappa shape index (κ2) is 6.28. The Morgan fingerprint density at radius 2 is 2.07 bits per heavy atom. The van der Waals surface area contributed by atoms with Crippen LogP contribution in [0.1, 0.15) is 16.8 Å². The van der Waals surface area contributed by atoms with Crippen molar-refractivity contribution in [3.05, 3.63) is 64.5 Å². The zero-order valence-corrected chi connectivity index (χ0v) is 14.9. The topological polar surface area (TPSA) is 79.4 Å². The third-order valence-electron chi connectivity index (χ3n) is 4.81. The molecule has 0 bridgehead atoms. The summed E-state index contributed by atoms with van der Waals surface area (Å²) < 4.78 is 13.9. The number of hydrogen-bond acceptors (Lipinski definition) is 5. The van der Waals surface area contributed by atoms with Gasteiger partial charge in [-0.15, -0.1) is 0 Å². The van der Waals surface area contributed by atoms with Crippen LogP contribution in [-0.4, -0.2) is 25.1 Å². The molecule has 0 fully saturated rings. The number of pyridine rings is 1. The van der Waals surface area contributed by atoms with E-state index in [2.05, 4.69) is 30.5 Å². The number of nitrogens with one attached hydrogen (secondary N) is 2. The number of hydrogen-bond donors (Lipinski definition) is 2. The predicted octanol–water partition coefficient (Wildman–Crippen LogP) is 3.92. The van der Waals surface area contributed by atoms with Crippen LogP contribution in [0.2, 0.25) is 5.02 Å². The molecule has 1 aliphatic rings. The quantitative estimate of drug-likeness (QED) is 0.563. The summed E-state index contributed by atoms with van der Waals surface area (Å²) in [4.78, 5) is 13.5. The number of halogens is 2. The Morgan fingerprint density at radius 3 is 2.96 bits per heavy atom. The summed E-state index contributed by atoms with van der Waals surface area (Å²) in [6.07, 6.45) is 7.11. The van der Waals surface area contributed by atoms with Gasteiger partial charge in [0.2, 0.25) is 5.95 Å². The lowest BCUT2D eigenvalue weighted by molar-refractivity contribution is 0.613. The summed E-state index contributed by atoms with van der Waals surface area (Å²) >= 11 is 6.08. The van der Waals surface area contributed by atoms with Crippen molar-refractivity contribution in [2.45, 2.75) is 19.4 Å². The van der Waals surface area contributed by atoms with Crippen LogP contribution in [0.3, 0.4) is 0 Å². The molecule has 3 heterocycles. The van der Waals surface area contributed by atoms with E-state index in [0.717, 1.165) is 40.7 Å². The number of nitrogens with zero attached hydrogens (tertiary/aromatic N) is 4. The summed E-state index contributed by atoms with van der Waals surface area (Å²) in [6.45, 7) is 0.219. The number of rotatable bonds is 3. The minimum Gasteiger partial charge on any atom is -0.350 e. The molecular weight excluding hydrogens is 367 g/mol. The molecule has 6 nitrogen and oxygen atoms in total. The number of aryl methyl sites for hydroxylation is 2. The molecule has 8 heteroatoms. The molecule has 27 heavy (non-hydrogen) atoms. The minimum absolute atomic E-state index is 0.219. The molecule has 2 N–H and O–H groups in total. The fraction of sp³-hybridized carbons (Fsp3) is 0.158. The molecule has 1 aromatic carbocycles. The van der Waals surface area contributed by atoms with Crippen LogP contribution in [0, 0.1) is 5.82 Å². The monoisotopic (exact) mass is 380 g/mol. The highest BCUT2D eigenvalue weighted by Gasteiger charge is 2.22. The zero-order chi connectivity index (χ0) is 18.4. The molecule has 1 aliphatic carbocycles. The Kier molecular flexibility index (Phi) is 3.75. The van der Waals surface area contributed by atoms with Gasteiger partial charge in [0, 0.05) is 46.0 Å². The summed E-state index contributed by atoms with van der Waals surface area (Å²) in [5.74, 6) is 0.103. The van der Waals surface area contributed by atoms with Crippen molar-refractivity contribution in [1.82, 2.24) is 25.1 Å². The van der Waals surface area contributed by atoms with E-state index in [9.17, 15) is 4.39 Å². The summed E-state index contributed by atoms with van der Waals surface area (Å²) in [5, 5.41) is 11.4. The van der Waals surface area contributed by atoms with Crippen LogP contribution < -0.4 is 5.32 Å². The second-order valence-corrected chi connectivity index (χ2v) is 6.81. The largest absolute Gasteiger partial charge is 0.350 e. The van der Waals surface area contributed by atoms with Gasteiger partial charge in [0.15, 0.2) is 5.65 Å². The van der Waals surface area contributed by atoms with Crippen LogP contribution in [0.4, 0.5) is 10.3 Å². The first-order valence-corrected chi connectivity index (χ1v) is 8.92. The molecule has 0 radical (unpaired) electrons. The lowest BCUT2D eigenvalue weighted by atomic mass is 9.89. The van der Waals surface area contributed by atoms with Crippen LogP contribution >= 0.6 is 11.6 Å². The van der Waals surface area contributed by atoms with Crippen molar-refractivity contribution in [2.75, 3.05) is 5.32 Å². The first-order valence-electron chi connectivity index (χ1n) is 8.54. The van der Waals surface area contributed by atoms with Gasteiger partial charge < -0.3 is 5.32 Å². The molecule has 134 valence electrons. The van der Waals surface area contributed by atoms with Gasteiger partial charge in [-0.25, -0.2) is 19.3 Å². The maximum absolute atomic E-state index is 13.9. The molecule has 0 spiro atoms. The lowest BCUT2D eigenvalue weighted by Gasteiger charge is -2.19. The summed E-state index contributed by atoms with van der Waals surface area (Å²) in [5.41, 5.74) is 5.33.